The fourth-order valence-electron chi connectivity index (χ4n) is 3.71. The number of aromatic nitrogens is 1. The van der Waals surface area contributed by atoms with Crippen molar-refractivity contribution in [2.45, 2.75) is 33.6 Å². The molecule has 4 heteroatoms. The molecule has 1 aromatic heterocycles. The number of allylic oxidation sites excluding steroid dienone is 1. The standard InChI is InChI=1S/C24H27N3O/c1-4-28-27-23-13-17(2)18(3)19(14-23)9-11-22-12-10-21(16-26-22)24-8-6-5-7-20(24)15-25/h5-12,16-19H,4,13-14H2,1-3H3/b11-9+,27-23?/t17-,18+,19+/m0/s1. The van der Waals surface area contributed by atoms with Gasteiger partial charge in [0.25, 0.3) is 0 Å². The molecule has 0 unspecified atom stereocenters. The molecule has 1 aliphatic rings. The van der Waals surface area contributed by atoms with Crippen LogP contribution in [0.15, 0.2) is 53.8 Å². The summed E-state index contributed by atoms with van der Waals surface area (Å²) < 4.78 is 0. The molecule has 0 saturated heterocycles. The first-order valence-electron chi connectivity index (χ1n) is 9.93. The molecule has 0 aliphatic heterocycles. The second-order valence-corrected chi connectivity index (χ2v) is 7.47. The van der Waals surface area contributed by atoms with Crippen molar-refractivity contribution in [1.29, 1.82) is 5.26 Å². The van der Waals surface area contributed by atoms with Crippen molar-refractivity contribution in [2.24, 2.45) is 22.9 Å². The van der Waals surface area contributed by atoms with Gasteiger partial charge in [0.2, 0.25) is 0 Å². The Morgan fingerprint density at radius 1 is 1.21 bits per heavy atom. The number of benzene rings is 1. The highest BCUT2D eigenvalue weighted by atomic mass is 16.6. The summed E-state index contributed by atoms with van der Waals surface area (Å²) in [5.41, 5.74) is 4.61. The number of rotatable bonds is 5. The average Bonchev–Trinajstić information content (AvgIpc) is 2.73. The van der Waals surface area contributed by atoms with Gasteiger partial charge in [-0.2, -0.15) is 5.26 Å². The summed E-state index contributed by atoms with van der Waals surface area (Å²) in [5.74, 6) is 1.61. The van der Waals surface area contributed by atoms with Gasteiger partial charge in [0.1, 0.15) is 6.61 Å². The first kappa shape index (κ1) is 19.8. The van der Waals surface area contributed by atoms with Crippen LogP contribution >= 0.6 is 0 Å². The monoisotopic (exact) mass is 373 g/mol. The Bertz CT molecular complexity index is 893. The van der Waals surface area contributed by atoms with Crippen LogP contribution in [0.4, 0.5) is 0 Å². The van der Waals surface area contributed by atoms with Crippen LogP contribution in [0.25, 0.3) is 17.2 Å². The van der Waals surface area contributed by atoms with E-state index in [1.807, 2.05) is 49.5 Å². The Hall–Kier alpha value is -2.93. The minimum Gasteiger partial charge on any atom is -0.396 e. The zero-order chi connectivity index (χ0) is 19.9. The topological polar surface area (TPSA) is 58.3 Å². The Balaban J connectivity index is 1.74. The van der Waals surface area contributed by atoms with E-state index in [0.717, 1.165) is 35.4 Å². The summed E-state index contributed by atoms with van der Waals surface area (Å²) in [6, 6.07) is 13.9. The number of hydrogen-bond donors (Lipinski definition) is 0. The van der Waals surface area contributed by atoms with Crippen LogP contribution < -0.4 is 0 Å². The van der Waals surface area contributed by atoms with Crippen LogP contribution in [0.1, 0.15) is 44.9 Å². The highest BCUT2D eigenvalue weighted by molar-refractivity contribution is 5.85. The first-order chi connectivity index (χ1) is 13.6. The van der Waals surface area contributed by atoms with Crippen LogP contribution in [-0.4, -0.2) is 17.3 Å². The van der Waals surface area contributed by atoms with Gasteiger partial charge in [-0.1, -0.05) is 49.3 Å². The molecule has 0 amide bonds. The number of nitrogens with zero attached hydrogens (tertiary/aromatic N) is 3. The van der Waals surface area contributed by atoms with Gasteiger partial charge in [-0.15, -0.1) is 0 Å². The zero-order valence-corrected chi connectivity index (χ0v) is 16.8. The van der Waals surface area contributed by atoms with Gasteiger partial charge in [0.05, 0.1) is 23.0 Å². The molecule has 1 heterocycles. The molecule has 28 heavy (non-hydrogen) atoms. The van der Waals surface area contributed by atoms with E-state index in [4.69, 9.17) is 4.84 Å². The SMILES string of the molecule is CCON=C1C[C@@H](/C=C/c2ccc(-c3ccccc3C#N)cn2)[C@H](C)[C@@H](C)C1. The molecule has 144 valence electrons. The fourth-order valence-corrected chi connectivity index (χ4v) is 3.71. The molecule has 0 N–H and O–H groups in total. The van der Waals surface area contributed by atoms with E-state index in [1.54, 1.807) is 0 Å². The van der Waals surface area contributed by atoms with E-state index >= 15 is 0 Å². The van der Waals surface area contributed by atoms with Crippen LogP contribution in [0.5, 0.6) is 0 Å². The molecule has 4 nitrogen and oxygen atoms in total. The van der Waals surface area contributed by atoms with Crippen molar-refractivity contribution >= 4 is 11.8 Å². The predicted octanol–water partition coefficient (Wildman–Crippen LogP) is 5.71. The molecule has 0 bridgehead atoms. The van der Waals surface area contributed by atoms with Gasteiger partial charge in [0.15, 0.2) is 0 Å². The minimum absolute atomic E-state index is 0.434. The summed E-state index contributed by atoms with van der Waals surface area (Å²) in [4.78, 5) is 9.85. The lowest BCUT2D eigenvalue weighted by molar-refractivity contribution is 0.153. The molecule has 3 atom stereocenters. The number of nitriles is 1. The lowest BCUT2D eigenvalue weighted by atomic mass is 9.73. The van der Waals surface area contributed by atoms with Crippen LogP contribution in [0.2, 0.25) is 0 Å². The van der Waals surface area contributed by atoms with E-state index in [0.29, 0.717) is 29.9 Å². The first-order valence-corrected chi connectivity index (χ1v) is 9.93. The zero-order valence-electron chi connectivity index (χ0n) is 16.8. The molecule has 1 fully saturated rings. The van der Waals surface area contributed by atoms with Crippen molar-refractivity contribution in [1.82, 2.24) is 4.98 Å². The molecule has 2 aromatic rings. The van der Waals surface area contributed by atoms with Gasteiger partial charge in [0, 0.05) is 17.3 Å². The summed E-state index contributed by atoms with van der Waals surface area (Å²) in [6.45, 7) is 7.16. The third-order valence-corrected chi connectivity index (χ3v) is 5.58. The van der Waals surface area contributed by atoms with Gasteiger partial charge < -0.3 is 4.84 Å². The van der Waals surface area contributed by atoms with E-state index in [-0.39, 0.29) is 0 Å². The van der Waals surface area contributed by atoms with Crippen molar-refractivity contribution in [3.05, 3.63) is 59.9 Å². The molecule has 1 aromatic carbocycles. The molecule has 0 radical (unpaired) electrons. The third-order valence-electron chi connectivity index (χ3n) is 5.58. The van der Waals surface area contributed by atoms with E-state index in [1.165, 1.54) is 0 Å². The molecular formula is C24H27N3O. The summed E-state index contributed by atoms with van der Waals surface area (Å²) >= 11 is 0. The largest absolute Gasteiger partial charge is 0.396 e. The lowest BCUT2D eigenvalue weighted by Crippen LogP contribution is -2.28. The maximum Gasteiger partial charge on any atom is 0.114 e. The van der Waals surface area contributed by atoms with Crippen LogP contribution in [0.3, 0.4) is 0 Å². The van der Waals surface area contributed by atoms with Crippen molar-refractivity contribution < 1.29 is 4.84 Å². The molecular weight excluding hydrogens is 346 g/mol. The van der Waals surface area contributed by atoms with Crippen molar-refractivity contribution in [3.63, 3.8) is 0 Å². The molecule has 1 aliphatic carbocycles. The Morgan fingerprint density at radius 2 is 2.04 bits per heavy atom. The van der Waals surface area contributed by atoms with Gasteiger partial charge in [-0.3, -0.25) is 4.98 Å². The van der Waals surface area contributed by atoms with E-state index < -0.39 is 0 Å². The number of oxime groups is 1. The van der Waals surface area contributed by atoms with Crippen LogP contribution in [0, 0.1) is 29.1 Å². The van der Waals surface area contributed by atoms with Crippen molar-refractivity contribution in [2.75, 3.05) is 6.61 Å². The van der Waals surface area contributed by atoms with Crippen molar-refractivity contribution in [3.8, 4) is 17.2 Å². The normalized spacial score (nSPS) is 23.6. The Labute approximate surface area is 167 Å². The Kier molecular flexibility index (Phi) is 6.60. The second kappa shape index (κ2) is 9.32. The maximum atomic E-state index is 9.28. The van der Waals surface area contributed by atoms with Gasteiger partial charge in [-0.05, 0) is 55.7 Å². The van der Waals surface area contributed by atoms with Gasteiger partial charge >= 0.3 is 0 Å². The predicted molar refractivity (Wildman–Crippen MR) is 114 cm³/mol. The average molecular weight is 374 g/mol. The minimum atomic E-state index is 0.434. The number of pyridine rings is 1. The quantitative estimate of drug-likeness (QED) is 0.631. The van der Waals surface area contributed by atoms with Crippen LogP contribution in [-0.2, 0) is 4.84 Å². The number of hydrogen-bond acceptors (Lipinski definition) is 4. The molecule has 3 rings (SSSR count). The van der Waals surface area contributed by atoms with E-state index in [9.17, 15) is 5.26 Å². The smallest absolute Gasteiger partial charge is 0.114 e. The lowest BCUT2D eigenvalue weighted by Gasteiger charge is -2.32. The fraction of sp³-hybridized carbons (Fsp3) is 0.375. The molecule has 1 saturated carbocycles. The highest BCUT2D eigenvalue weighted by Crippen LogP contribution is 2.34. The maximum absolute atomic E-state index is 9.28. The second-order valence-electron chi connectivity index (χ2n) is 7.47. The summed E-state index contributed by atoms with van der Waals surface area (Å²) in [5, 5.41) is 13.6. The summed E-state index contributed by atoms with van der Waals surface area (Å²) in [7, 11) is 0. The Morgan fingerprint density at radius 3 is 2.75 bits per heavy atom. The highest BCUT2D eigenvalue weighted by Gasteiger charge is 2.29. The van der Waals surface area contributed by atoms with E-state index in [2.05, 4.69) is 42.2 Å². The molecule has 0 spiro atoms. The summed E-state index contributed by atoms with van der Waals surface area (Å²) in [6.07, 6.45) is 8.14. The van der Waals surface area contributed by atoms with Gasteiger partial charge in [-0.25, -0.2) is 0 Å². The third kappa shape index (κ3) is 4.67.